The maximum atomic E-state index is 11.9. The van der Waals surface area contributed by atoms with Crippen LogP contribution in [0.3, 0.4) is 0 Å². The van der Waals surface area contributed by atoms with E-state index in [1.807, 2.05) is 72.6 Å². The van der Waals surface area contributed by atoms with Crippen molar-refractivity contribution in [3.8, 4) is 11.1 Å². The Hall–Kier alpha value is -3.49. The van der Waals surface area contributed by atoms with Crippen molar-refractivity contribution in [1.29, 1.82) is 0 Å². The van der Waals surface area contributed by atoms with Gasteiger partial charge in [-0.1, -0.05) is 42.5 Å². The molecule has 0 radical (unpaired) electrons. The highest BCUT2D eigenvalue weighted by Crippen LogP contribution is 2.30. The predicted octanol–water partition coefficient (Wildman–Crippen LogP) is 3.30. The normalized spacial score (nSPS) is 12.2. The summed E-state index contributed by atoms with van der Waals surface area (Å²) in [5, 5.41) is 0. The van der Waals surface area contributed by atoms with Crippen LogP contribution < -0.4 is 15.4 Å². The number of rotatable bonds is 10. The SMILES string of the molecule is CNS(=O)(=O)CCN(C)c1ccc(-c2ccccc2)cc1C(N)=CC=NCc1cccnc1. The van der Waals surface area contributed by atoms with Crippen LogP contribution in [0, 0.1) is 0 Å². The van der Waals surface area contributed by atoms with Crippen molar-refractivity contribution < 1.29 is 8.42 Å². The molecule has 0 saturated heterocycles. The van der Waals surface area contributed by atoms with Gasteiger partial charge in [0.25, 0.3) is 0 Å². The first kappa shape index (κ1) is 24.2. The summed E-state index contributed by atoms with van der Waals surface area (Å²) in [4.78, 5) is 10.4. The maximum absolute atomic E-state index is 11.9. The first-order valence-corrected chi connectivity index (χ1v) is 12.2. The molecule has 0 fully saturated rings. The standard InChI is InChI=1S/C25H29N5O2S/c1-27-33(31,32)16-15-30(2)25-11-10-22(21-8-4-3-5-9-21)17-23(25)24(26)12-14-29-19-20-7-6-13-28-18-20/h3-14,17-18,27H,15-16,19,26H2,1-2H3. The van der Waals surface area contributed by atoms with Gasteiger partial charge in [0, 0.05) is 49.1 Å². The highest BCUT2D eigenvalue weighted by molar-refractivity contribution is 7.89. The number of sulfonamides is 1. The van der Waals surface area contributed by atoms with E-state index in [1.54, 1.807) is 24.7 Å². The lowest BCUT2D eigenvalue weighted by Crippen LogP contribution is -2.31. The molecule has 0 aliphatic rings. The zero-order valence-corrected chi connectivity index (χ0v) is 19.7. The van der Waals surface area contributed by atoms with Crippen LogP contribution in [0.5, 0.6) is 0 Å². The van der Waals surface area contributed by atoms with Crippen LogP contribution >= 0.6 is 0 Å². The van der Waals surface area contributed by atoms with E-state index in [1.165, 1.54) is 7.05 Å². The molecule has 3 N–H and O–H groups in total. The Morgan fingerprint density at radius 1 is 1.12 bits per heavy atom. The fourth-order valence-corrected chi connectivity index (χ4v) is 3.98. The Labute approximate surface area is 195 Å². The minimum Gasteiger partial charge on any atom is -0.398 e. The molecule has 0 unspecified atom stereocenters. The van der Waals surface area contributed by atoms with Crippen molar-refractivity contribution in [2.45, 2.75) is 6.54 Å². The van der Waals surface area contributed by atoms with Crippen LogP contribution in [0.4, 0.5) is 5.69 Å². The summed E-state index contributed by atoms with van der Waals surface area (Å²) < 4.78 is 26.1. The molecule has 172 valence electrons. The van der Waals surface area contributed by atoms with E-state index in [0.717, 1.165) is 27.9 Å². The molecule has 0 saturated carbocycles. The molecule has 0 bridgehead atoms. The third kappa shape index (κ3) is 7.00. The van der Waals surface area contributed by atoms with Gasteiger partial charge in [-0.05, 0) is 48.0 Å². The quantitative estimate of drug-likeness (QED) is 0.449. The van der Waals surface area contributed by atoms with Crippen LogP contribution in [0.2, 0.25) is 0 Å². The van der Waals surface area contributed by atoms with Gasteiger partial charge >= 0.3 is 0 Å². The minimum atomic E-state index is -3.31. The third-order valence-electron chi connectivity index (χ3n) is 5.19. The van der Waals surface area contributed by atoms with Crippen molar-refractivity contribution >= 4 is 27.6 Å². The highest BCUT2D eigenvalue weighted by Gasteiger charge is 2.14. The molecule has 1 aromatic heterocycles. The molecule has 2 aromatic carbocycles. The number of aromatic nitrogens is 1. The van der Waals surface area contributed by atoms with Gasteiger partial charge < -0.3 is 10.6 Å². The summed E-state index contributed by atoms with van der Waals surface area (Å²) in [5.41, 5.74) is 11.8. The largest absolute Gasteiger partial charge is 0.398 e. The molecule has 3 rings (SSSR count). The van der Waals surface area contributed by atoms with Crippen LogP contribution in [0.15, 0.2) is 84.1 Å². The Balaban J connectivity index is 1.89. The fraction of sp³-hybridized carbons (Fsp3) is 0.200. The van der Waals surface area contributed by atoms with E-state index < -0.39 is 10.0 Å². The van der Waals surface area contributed by atoms with Gasteiger partial charge in [-0.3, -0.25) is 9.98 Å². The molecular weight excluding hydrogens is 434 g/mol. The predicted molar refractivity (Wildman–Crippen MR) is 137 cm³/mol. The molecule has 33 heavy (non-hydrogen) atoms. The zero-order valence-electron chi connectivity index (χ0n) is 18.8. The summed E-state index contributed by atoms with van der Waals surface area (Å²) in [6.07, 6.45) is 6.96. The average molecular weight is 464 g/mol. The number of nitrogens with two attached hydrogens (primary N) is 1. The second-order valence-electron chi connectivity index (χ2n) is 7.52. The second-order valence-corrected chi connectivity index (χ2v) is 9.56. The Bertz CT molecular complexity index is 1210. The topological polar surface area (TPSA) is 101 Å². The van der Waals surface area contributed by atoms with Crippen LogP contribution in [-0.4, -0.2) is 46.0 Å². The molecule has 0 aliphatic carbocycles. The van der Waals surface area contributed by atoms with Gasteiger partial charge in [0.1, 0.15) is 0 Å². The van der Waals surface area contributed by atoms with Gasteiger partial charge in [-0.2, -0.15) is 0 Å². The van der Waals surface area contributed by atoms with Gasteiger partial charge in [0.2, 0.25) is 10.0 Å². The average Bonchev–Trinajstić information content (AvgIpc) is 2.86. The summed E-state index contributed by atoms with van der Waals surface area (Å²) in [7, 11) is -0.0398. The van der Waals surface area contributed by atoms with Crippen LogP contribution in [-0.2, 0) is 16.6 Å². The first-order valence-electron chi connectivity index (χ1n) is 10.6. The summed E-state index contributed by atoms with van der Waals surface area (Å²) >= 11 is 0. The molecule has 1 heterocycles. The molecular formula is C25H29N5O2S. The zero-order chi connectivity index (χ0) is 23.7. The van der Waals surface area contributed by atoms with Gasteiger partial charge in [-0.25, -0.2) is 13.1 Å². The number of benzene rings is 2. The Kier molecular flexibility index (Phi) is 8.34. The molecule has 0 spiro atoms. The third-order valence-corrected chi connectivity index (χ3v) is 6.53. The first-order chi connectivity index (χ1) is 15.9. The van der Waals surface area contributed by atoms with Gasteiger partial charge in [0.15, 0.2) is 0 Å². The lowest BCUT2D eigenvalue weighted by Gasteiger charge is -2.23. The van der Waals surface area contributed by atoms with Crippen molar-refractivity contribution in [2.24, 2.45) is 10.7 Å². The van der Waals surface area contributed by atoms with Crippen molar-refractivity contribution in [3.63, 3.8) is 0 Å². The number of hydrogen-bond donors (Lipinski definition) is 2. The molecule has 0 aliphatic heterocycles. The monoisotopic (exact) mass is 463 g/mol. The second kappa shape index (κ2) is 11.4. The number of aliphatic imine (C=N–C) groups is 1. The van der Waals surface area contributed by atoms with E-state index in [4.69, 9.17) is 5.73 Å². The summed E-state index contributed by atoms with van der Waals surface area (Å²) in [6.45, 7) is 0.833. The molecule has 8 heteroatoms. The molecule has 0 atom stereocenters. The molecule has 3 aromatic rings. The lowest BCUT2D eigenvalue weighted by atomic mass is 9.99. The maximum Gasteiger partial charge on any atom is 0.213 e. The van der Waals surface area contributed by atoms with Crippen molar-refractivity contribution in [2.75, 3.05) is 31.3 Å². The fourth-order valence-electron chi connectivity index (χ4n) is 3.26. The van der Waals surface area contributed by atoms with Crippen molar-refractivity contribution in [3.05, 3.63) is 90.3 Å². The van der Waals surface area contributed by atoms with Gasteiger partial charge in [-0.15, -0.1) is 0 Å². The Morgan fingerprint density at radius 2 is 1.91 bits per heavy atom. The van der Waals surface area contributed by atoms with E-state index >= 15 is 0 Å². The Morgan fingerprint density at radius 3 is 2.61 bits per heavy atom. The highest BCUT2D eigenvalue weighted by atomic mass is 32.2. The van der Waals surface area contributed by atoms with Crippen molar-refractivity contribution in [1.82, 2.24) is 9.71 Å². The smallest absolute Gasteiger partial charge is 0.213 e. The van der Waals surface area contributed by atoms with Crippen LogP contribution in [0.1, 0.15) is 11.1 Å². The minimum absolute atomic E-state index is 0.0178. The van der Waals surface area contributed by atoms with Crippen LogP contribution in [0.25, 0.3) is 16.8 Å². The summed E-state index contributed by atoms with van der Waals surface area (Å²) in [6, 6.07) is 19.9. The number of allylic oxidation sites excluding steroid dienone is 1. The van der Waals surface area contributed by atoms with E-state index in [2.05, 4.69) is 14.7 Å². The number of nitrogens with one attached hydrogen (secondary N) is 1. The number of anilines is 1. The van der Waals surface area contributed by atoms with E-state index in [-0.39, 0.29) is 5.75 Å². The molecule has 7 nitrogen and oxygen atoms in total. The summed E-state index contributed by atoms with van der Waals surface area (Å²) in [5.74, 6) is -0.0178. The van der Waals surface area contributed by atoms with E-state index in [9.17, 15) is 8.42 Å². The van der Waals surface area contributed by atoms with Gasteiger partial charge in [0.05, 0.1) is 12.3 Å². The lowest BCUT2D eigenvalue weighted by molar-refractivity contribution is 0.587. The number of nitrogens with zero attached hydrogens (tertiary/aromatic N) is 3. The number of hydrogen-bond acceptors (Lipinski definition) is 6. The van der Waals surface area contributed by atoms with E-state index in [0.29, 0.717) is 18.8 Å². The number of pyridine rings is 1. The molecule has 0 amide bonds.